The van der Waals surface area contributed by atoms with Gasteiger partial charge in [-0.25, -0.2) is 8.42 Å². The normalized spacial score (nSPS) is 20.9. The summed E-state index contributed by atoms with van der Waals surface area (Å²) in [5, 5.41) is 15.6. The van der Waals surface area contributed by atoms with Gasteiger partial charge in [-0.15, -0.1) is 11.3 Å². The van der Waals surface area contributed by atoms with Crippen LogP contribution in [0.5, 0.6) is 0 Å². The van der Waals surface area contributed by atoms with Crippen LogP contribution in [0.15, 0.2) is 0 Å². The van der Waals surface area contributed by atoms with Crippen LogP contribution in [0.1, 0.15) is 35.8 Å². The minimum atomic E-state index is -3.05. The molecule has 10 heteroatoms. The summed E-state index contributed by atoms with van der Waals surface area (Å²) in [5.41, 5.74) is 1.64. The van der Waals surface area contributed by atoms with Crippen molar-refractivity contribution in [1.29, 1.82) is 5.26 Å². The Morgan fingerprint density at radius 2 is 2.04 bits per heavy atom. The van der Waals surface area contributed by atoms with Crippen molar-refractivity contribution in [2.24, 2.45) is 0 Å². The van der Waals surface area contributed by atoms with E-state index in [2.05, 4.69) is 16.7 Å². The lowest BCUT2D eigenvalue weighted by Gasteiger charge is -2.18. The number of nitriles is 1. The van der Waals surface area contributed by atoms with E-state index in [1.807, 2.05) is 6.92 Å². The number of quaternary nitrogens is 1. The number of nitrogens with one attached hydrogen (secondary N) is 3. The monoisotopic (exact) mass is 425 g/mol. The van der Waals surface area contributed by atoms with Crippen molar-refractivity contribution in [2.75, 3.05) is 36.5 Å². The van der Waals surface area contributed by atoms with Gasteiger partial charge in [-0.2, -0.15) is 5.26 Å². The van der Waals surface area contributed by atoms with Crippen LogP contribution in [0, 0.1) is 11.3 Å². The molecule has 3 rings (SSSR count). The summed E-state index contributed by atoms with van der Waals surface area (Å²) in [6, 6.07) is 1.87. The molecule has 1 aliphatic heterocycles. The lowest BCUT2D eigenvalue weighted by molar-refractivity contribution is -0.881. The van der Waals surface area contributed by atoms with Gasteiger partial charge in [-0.3, -0.25) is 9.59 Å². The Morgan fingerprint density at radius 1 is 1.29 bits per heavy atom. The predicted octanol–water partition coefficient (Wildman–Crippen LogP) is -0.745. The first kappa shape index (κ1) is 20.8. The van der Waals surface area contributed by atoms with E-state index in [-0.39, 0.29) is 42.5 Å². The molecule has 1 fully saturated rings. The molecule has 28 heavy (non-hydrogen) atoms. The largest absolute Gasteiger partial charge is 0.347 e. The van der Waals surface area contributed by atoms with E-state index >= 15 is 0 Å². The molecule has 1 aromatic heterocycles. The van der Waals surface area contributed by atoms with Gasteiger partial charge in [0.2, 0.25) is 0 Å². The maximum absolute atomic E-state index is 12.4. The van der Waals surface area contributed by atoms with E-state index in [4.69, 9.17) is 0 Å². The second kappa shape index (κ2) is 8.59. The van der Waals surface area contributed by atoms with Gasteiger partial charge in [0.25, 0.3) is 11.8 Å². The second-order valence-electron chi connectivity index (χ2n) is 7.35. The van der Waals surface area contributed by atoms with Crippen LogP contribution in [-0.2, 0) is 32.3 Å². The van der Waals surface area contributed by atoms with E-state index in [1.165, 1.54) is 16.2 Å². The maximum Gasteiger partial charge on any atom is 0.280 e. The Kier molecular flexibility index (Phi) is 6.37. The van der Waals surface area contributed by atoms with Crippen molar-refractivity contribution in [3.63, 3.8) is 0 Å². The lowest BCUT2D eigenvalue weighted by atomic mass is 10.1. The summed E-state index contributed by atoms with van der Waals surface area (Å²) in [5.74, 6) is -0.388. The molecular formula is C18H25N4O4S2+. The Labute approximate surface area is 168 Å². The summed E-state index contributed by atoms with van der Waals surface area (Å²) in [6.45, 7) is 2.68. The summed E-state index contributed by atoms with van der Waals surface area (Å²) < 4.78 is 23.0. The topological polar surface area (TPSA) is 121 Å². The number of aryl methyl sites for hydroxylation is 1. The highest BCUT2D eigenvalue weighted by molar-refractivity contribution is 7.91. The molecular weight excluding hydrogens is 400 g/mol. The minimum absolute atomic E-state index is 0.0132. The van der Waals surface area contributed by atoms with Crippen LogP contribution in [0.25, 0.3) is 0 Å². The fraction of sp³-hybridized carbons (Fsp3) is 0.611. The number of thiophene rings is 1. The first-order valence-corrected chi connectivity index (χ1v) is 12.1. The standard InChI is InChI=1S/C18H24N4O4S2/c1-2-22(9-16(23)20-12-6-7-28(25,26)11-12)10-17(24)21-18-14(8-19)13-4-3-5-15(13)27-18/h12H,2-7,9-11H2,1H3,(H,20,23)(H,21,24)/p+1/t12-/m1/s1. The van der Waals surface area contributed by atoms with Gasteiger partial charge in [0.1, 0.15) is 11.1 Å². The smallest absolute Gasteiger partial charge is 0.280 e. The molecule has 2 atom stereocenters. The molecule has 0 bridgehead atoms. The fourth-order valence-electron chi connectivity index (χ4n) is 3.74. The number of fused-ring (bicyclic) bond motifs is 1. The van der Waals surface area contributed by atoms with Gasteiger partial charge in [0, 0.05) is 10.9 Å². The molecule has 0 saturated carbocycles. The third kappa shape index (κ3) is 4.90. The molecule has 0 spiro atoms. The average Bonchev–Trinajstić information content (AvgIpc) is 3.28. The van der Waals surface area contributed by atoms with Crippen LogP contribution < -0.4 is 15.5 Å². The zero-order chi connectivity index (χ0) is 20.3. The molecule has 1 unspecified atom stereocenters. The molecule has 1 saturated heterocycles. The zero-order valence-corrected chi connectivity index (χ0v) is 17.5. The summed E-state index contributed by atoms with van der Waals surface area (Å²) in [6.07, 6.45) is 3.33. The van der Waals surface area contributed by atoms with E-state index < -0.39 is 9.84 Å². The molecule has 0 radical (unpaired) electrons. The number of carbonyl (C=O) groups is 2. The molecule has 2 aliphatic rings. The summed E-state index contributed by atoms with van der Waals surface area (Å²) in [7, 11) is -3.05. The molecule has 3 N–H and O–H groups in total. The number of carbonyl (C=O) groups excluding carboxylic acids is 2. The van der Waals surface area contributed by atoms with E-state index in [0.717, 1.165) is 29.7 Å². The van der Waals surface area contributed by atoms with Gasteiger partial charge < -0.3 is 15.5 Å². The molecule has 2 heterocycles. The van der Waals surface area contributed by atoms with E-state index in [9.17, 15) is 23.3 Å². The highest BCUT2D eigenvalue weighted by atomic mass is 32.2. The number of sulfone groups is 1. The van der Waals surface area contributed by atoms with Crippen molar-refractivity contribution >= 4 is 38.0 Å². The molecule has 8 nitrogen and oxygen atoms in total. The van der Waals surface area contributed by atoms with Crippen LogP contribution in [0.3, 0.4) is 0 Å². The molecule has 0 aromatic carbocycles. The molecule has 1 aromatic rings. The van der Waals surface area contributed by atoms with Crippen molar-refractivity contribution in [2.45, 2.75) is 38.6 Å². The zero-order valence-electron chi connectivity index (χ0n) is 15.8. The quantitative estimate of drug-likeness (QED) is 0.531. The minimum Gasteiger partial charge on any atom is -0.347 e. The van der Waals surface area contributed by atoms with Crippen molar-refractivity contribution in [1.82, 2.24) is 5.32 Å². The van der Waals surface area contributed by atoms with Crippen molar-refractivity contribution < 1.29 is 22.9 Å². The van der Waals surface area contributed by atoms with Gasteiger partial charge >= 0.3 is 0 Å². The Bertz CT molecular complexity index is 917. The van der Waals surface area contributed by atoms with Gasteiger partial charge in [0.15, 0.2) is 22.9 Å². The summed E-state index contributed by atoms with van der Waals surface area (Å²) >= 11 is 1.47. The third-order valence-corrected chi connectivity index (χ3v) is 8.18. The first-order valence-electron chi connectivity index (χ1n) is 9.49. The Balaban J connectivity index is 1.52. The molecule has 2 amide bonds. The lowest BCUT2D eigenvalue weighted by Crippen LogP contribution is -3.14. The van der Waals surface area contributed by atoms with Crippen molar-refractivity contribution in [3.8, 4) is 6.07 Å². The predicted molar refractivity (Wildman–Crippen MR) is 106 cm³/mol. The molecule has 1 aliphatic carbocycles. The second-order valence-corrected chi connectivity index (χ2v) is 10.7. The van der Waals surface area contributed by atoms with Crippen LogP contribution in [0.2, 0.25) is 0 Å². The highest BCUT2D eigenvalue weighted by Crippen LogP contribution is 2.38. The Morgan fingerprint density at radius 3 is 2.68 bits per heavy atom. The van der Waals surface area contributed by atoms with Crippen LogP contribution in [-0.4, -0.2) is 57.4 Å². The van der Waals surface area contributed by atoms with Gasteiger partial charge in [-0.05, 0) is 38.2 Å². The average molecular weight is 426 g/mol. The third-order valence-electron chi connectivity index (χ3n) is 5.20. The first-order chi connectivity index (χ1) is 13.3. The van der Waals surface area contributed by atoms with Crippen LogP contribution >= 0.6 is 11.3 Å². The van der Waals surface area contributed by atoms with Crippen molar-refractivity contribution in [3.05, 3.63) is 16.0 Å². The number of anilines is 1. The summed E-state index contributed by atoms with van der Waals surface area (Å²) in [4.78, 5) is 26.6. The van der Waals surface area contributed by atoms with Crippen LogP contribution in [0.4, 0.5) is 5.00 Å². The number of hydrogen-bond acceptors (Lipinski definition) is 6. The maximum atomic E-state index is 12.4. The van der Waals surface area contributed by atoms with E-state index in [0.29, 0.717) is 23.5 Å². The number of rotatable bonds is 7. The molecule has 152 valence electrons. The number of nitrogens with zero attached hydrogens (tertiary/aromatic N) is 1. The Hall–Kier alpha value is -1.96. The number of amides is 2. The fourth-order valence-corrected chi connectivity index (χ4v) is 6.66. The van der Waals surface area contributed by atoms with Gasteiger partial charge in [0.05, 0.1) is 23.6 Å². The number of likely N-dealkylation sites (N-methyl/N-ethyl adjacent to an activating group) is 1. The number of hydrogen-bond donors (Lipinski definition) is 3. The SMILES string of the molecule is CC[NH+](CC(=O)Nc1sc2c(c1C#N)CCC2)CC(=O)N[C@@H]1CCS(=O)(=O)C1. The highest BCUT2D eigenvalue weighted by Gasteiger charge is 2.30. The van der Waals surface area contributed by atoms with Gasteiger partial charge in [-0.1, -0.05) is 0 Å². The van der Waals surface area contributed by atoms with E-state index in [1.54, 1.807) is 0 Å².